The minimum atomic E-state index is -0.483. The largest absolute Gasteiger partial charge is 0.466 e. The molecule has 0 spiro atoms. The summed E-state index contributed by atoms with van der Waals surface area (Å²) in [5, 5.41) is 0.496. The van der Waals surface area contributed by atoms with E-state index in [0.717, 1.165) is 23.1 Å². The quantitative estimate of drug-likeness (QED) is 0.485. The Morgan fingerprint density at radius 2 is 1.95 bits per heavy atom. The topological polar surface area (TPSA) is 81.3 Å². The number of para-hydroxylation sites is 2. The Morgan fingerprint density at radius 3 is 2.67 bits per heavy atom. The zero-order chi connectivity index (χ0) is 14.4. The molecule has 0 bridgehead atoms. The molecule has 0 saturated carbocycles. The van der Waals surface area contributed by atoms with Gasteiger partial charge in [-0.25, -0.2) is 4.98 Å². The molecule has 0 aliphatic rings. The molecule has 0 fully saturated rings. The van der Waals surface area contributed by atoms with Crippen LogP contribution in [0.5, 0.6) is 0 Å². The number of carbonyl (C=O) groups excluding carboxylic acids is 2. The van der Waals surface area contributed by atoms with E-state index in [1.807, 2.05) is 24.3 Å². The summed E-state index contributed by atoms with van der Waals surface area (Å²) < 4.78 is 9.69. The van der Waals surface area contributed by atoms with Gasteiger partial charge in [-0.2, -0.15) is 0 Å². The number of rotatable bonds is 6. The van der Waals surface area contributed by atoms with Crippen LogP contribution < -0.4 is 0 Å². The van der Waals surface area contributed by atoms with Gasteiger partial charge in [-0.3, -0.25) is 9.59 Å². The summed E-state index contributed by atoms with van der Waals surface area (Å²) in [5.41, 5.74) is 1.68. The number of benzene rings is 1. The predicted octanol–water partition coefficient (Wildman–Crippen LogP) is 2.45. The SMILES string of the molecule is CCOC(=O)CCC(=O)OSc1nc2ccccc2[nH]1.[Zn]. The van der Waals surface area contributed by atoms with Gasteiger partial charge in [0, 0.05) is 19.5 Å². The van der Waals surface area contributed by atoms with E-state index in [-0.39, 0.29) is 32.3 Å². The van der Waals surface area contributed by atoms with Gasteiger partial charge in [-0.05, 0) is 19.1 Å². The maximum atomic E-state index is 11.4. The van der Waals surface area contributed by atoms with Crippen LogP contribution in [0.15, 0.2) is 29.4 Å². The van der Waals surface area contributed by atoms with Crippen molar-refractivity contribution in [1.82, 2.24) is 9.97 Å². The molecule has 108 valence electrons. The zero-order valence-electron chi connectivity index (χ0n) is 11.6. The van der Waals surface area contributed by atoms with Crippen molar-refractivity contribution in [2.45, 2.75) is 24.9 Å². The molecule has 0 atom stereocenters. The van der Waals surface area contributed by atoms with E-state index in [1.54, 1.807) is 6.92 Å². The monoisotopic (exact) mass is 358 g/mol. The van der Waals surface area contributed by atoms with E-state index in [1.165, 1.54) is 0 Å². The Labute approximate surface area is 138 Å². The van der Waals surface area contributed by atoms with Crippen LogP contribution in [0.4, 0.5) is 0 Å². The van der Waals surface area contributed by atoms with Crippen molar-refractivity contribution in [1.29, 1.82) is 0 Å². The molecule has 1 N–H and O–H groups in total. The molecule has 1 heterocycles. The molecule has 0 radical (unpaired) electrons. The number of nitrogens with zero attached hydrogens (tertiary/aromatic N) is 1. The summed E-state index contributed by atoms with van der Waals surface area (Å²) in [6, 6.07) is 7.51. The minimum absolute atomic E-state index is 0. The van der Waals surface area contributed by atoms with E-state index >= 15 is 0 Å². The number of carbonyl (C=O) groups is 2. The van der Waals surface area contributed by atoms with Crippen molar-refractivity contribution in [3.8, 4) is 0 Å². The van der Waals surface area contributed by atoms with Crippen LogP contribution in [0.3, 0.4) is 0 Å². The third-order valence-electron chi connectivity index (χ3n) is 2.42. The standard InChI is InChI=1S/C13H14N2O4S.Zn/c1-2-18-11(16)7-8-12(17)19-20-13-14-9-5-3-4-6-10(9)15-13;/h3-6H,2,7-8H2,1H3,(H,14,15);. The fraction of sp³-hybridized carbons (Fsp3) is 0.308. The molecule has 0 amide bonds. The molecule has 8 heteroatoms. The first-order valence-corrected chi connectivity index (χ1v) is 6.91. The van der Waals surface area contributed by atoms with Crippen LogP contribution in [-0.2, 0) is 38.0 Å². The van der Waals surface area contributed by atoms with E-state index in [2.05, 4.69) is 9.97 Å². The summed E-state index contributed by atoms with van der Waals surface area (Å²) in [6.45, 7) is 2.02. The number of ether oxygens (including phenoxy) is 1. The fourth-order valence-electron chi connectivity index (χ4n) is 1.53. The number of H-pyrrole nitrogens is 1. The second-order valence-corrected chi connectivity index (χ2v) is 4.62. The van der Waals surface area contributed by atoms with E-state index in [4.69, 9.17) is 8.92 Å². The first-order valence-electron chi connectivity index (χ1n) is 6.16. The van der Waals surface area contributed by atoms with Crippen molar-refractivity contribution in [3.05, 3.63) is 24.3 Å². The molecular formula is C13H14N2O4SZn. The van der Waals surface area contributed by atoms with Gasteiger partial charge in [-0.15, -0.1) is 0 Å². The first kappa shape index (κ1) is 17.7. The Morgan fingerprint density at radius 1 is 1.24 bits per heavy atom. The molecule has 2 aromatic rings. The smallest absolute Gasteiger partial charge is 0.318 e. The summed E-state index contributed by atoms with van der Waals surface area (Å²) in [5.74, 6) is -0.887. The number of aromatic nitrogens is 2. The van der Waals surface area contributed by atoms with Crippen LogP contribution in [0, 0.1) is 0 Å². The maximum absolute atomic E-state index is 11.4. The molecule has 21 heavy (non-hydrogen) atoms. The van der Waals surface area contributed by atoms with Crippen LogP contribution in [0.25, 0.3) is 11.0 Å². The van der Waals surface area contributed by atoms with E-state index in [9.17, 15) is 9.59 Å². The Hall–Kier alpha value is -1.40. The minimum Gasteiger partial charge on any atom is -0.466 e. The molecular weight excluding hydrogens is 346 g/mol. The van der Waals surface area contributed by atoms with Gasteiger partial charge in [0.05, 0.1) is 30.5 Å². The average Bonchev–Trinajstić information content (AvgIpc) is 2.86. The van der Waals surface area contributed by atoms with Gasteiger partial charge >= 0.3 is 11.9 Å². The van der Waals surface area contributed by atoms with Crippen LogP contribution in [0.1, 0.15) is 19.8 Å². The van der Waals surface area contributed by atoms with E-state index < -0.39 is 11.9 Å². The number of nitrogens with one attached hydrogen (secondary N) is 1. The van der Waals surface area contributed by atoms with Crippen molar-refractivity contribution in [2.75, 3.05) is 6.61 Å². The molecule has 6 nitrogen and oxygen atoms in total. The Kier molecular flexibility index (Phi) is 7.39. The van der Waals surface area contributed by atoms with Gasteiger partial charge in [0.1, 0.15) is 12.0 Å². The molecule has 2 rings (SSSR count). The van der Waals surface area contributed by atoms with Gasteiger partial charge in [0.25, 0.3) is 0 Å². The Balaban J connectivity index is 0.00000220. The third-order valence-corrected chi connectivity index (χ3v) is 3.04. The number of hydrogen-bond acceptors (Lipinski definition) is 6. The summed E-state index contributed by atoms with van der Waals surface area (Å²) >= 11 is 0.851. The number of imidazole rings is 1. The predicted molar refractivity (Wildman–Crippen MR) is 73.9 cm³/mol. The number of aromatic amines is 1. The third kappa shape index (κ3) is 5.48. The average molecular weight is 360 g/mol. The molecule has 0 aliphatic heterocycles. The molecule has 0 aliphatic carbocycles. The van der Waals surface area contributed by atoms with Crippen molar-refractivity contribution >= 4 is 35.0 Å². The van der Waals surface area contributed by atoms with Gasteiger partial charge in [0.2, 0.25) is 5.16 Å². The molecule has 0 saturated heterocycles. The first-order chi connectivity index (χ1) is 9.69. The maximum Gasteiger partial charge on any atom is 0.318 e. The van der Waals surface area contributed by atoms with Gasteiger partial charge < -0.3 is 13.9 Å². The normalized spacial score (nSPS) is 9.95. The number of hydrogen-bond donors (Lipinski definition) is 1. The van der Waals surface area contributed by atoms with Crippen LogP contribution in [0.2, 0.25) is 0 Å². The molecule has 1 aromatic carbocycles. The van der Waals surface area contributed by atoms with Crippen molar-refractivity contribution in [3.63, 3.8) is 0 Å². The summed E-state index contributed by atoms with van der Waals surface area (Å²) in [7, 11) is 0. The van der Waals surface area contributed by atoms with Gasteiger partial charge in [-0.1, -0.05) is 12.1 Å². The zero-order valence-corrected chi connectivity index (χ0v) is 15.4. The summed E-state index contributed by atoms with van der Waals surface area (Å²) in [6.07, 6.45) is 0.0133. The number of fused-ring (bicyclic) bond motifs is 1. The summed E-state index contributed by atoms with van der Waals surface area (Å²) in [4.78, 5) is 29.8. The second-order valence-electron chi connectivity index (χ2n) is 3.90. The van der Waals surface area contributed by atoms with E-state index in [0.29, 0.717) is 11.8 Å². The molecule has 0 unspecified atom stereocenters. The number of esters is 1. The Bertz CT molecular complexity index is 584. The van der Waals surface area contributed by atoms with Crippen molar-refractivity contribution < 1.29 is 38.0 Å². The fourth-order valence-corrected chi connectivity index (χ4v) is 2.08. The van der Waals surface area contributed by atoms with Crippen molar-refractivity contribution in [2.24, 2.45) is 0 Å². The van der Waals surface area contributed by atoms with Crippen LogP contribution in [-0.4, -0.2) is 28.5 Å². The second kappa shape index (κ2) is 8.79. The van der Waals surface area contributed by atoms with Gasteiger partial charge in [0.15, 0.2) is 0 Å². The molecule has 1 aromatic heterocycles. The van der Waals surface area contributed by atoms with Crippen LogP contribution >= 0.6 is 12.0 Å².